The number of carbonyl (C=O) groups excluding carboxylic acids is 1. The molecule has 1 aliphatic heterocycles. The van der Waals surface area contributed by atoms with Crippen molar-refractivity contribution in [3.05, 3.63) is 20.8 Å². The number of ether oxygens (including phenoxy) is 1. The highest BCUT2D eigenvalue weighted by Gasteiger charge is 2.24. The molecule has 1 aromatic heterocycles. The van der Waals surface area contributed by atoms with Crippen LogP contribution in [0.1, 0.15) is 23.5 Å². The molecular formula is C13H19BrN2O2S. The number of amides is 1. The Hall–Kier alpha value is -0.430. The van der Waals surface area contributed by atoms with E-state index in [9.17, 15) is 4.79 Å². The second kappa shape index (κ2) is 6.83. The number of rotatable bonds is 4. The van der Waals surface area contributed by atoms with Gasteiger partial charge < -0.3 is 10.1 Å². The maximum atomic E-state index is 12.0. The summed E-state index contributed by atoms with van der Waals surface area (Å²) in [5, 5.41) is 4.91. The number of halogens is 1. The Kier molecular flexibility index (Phi) is 5.38. The molecule has 1 aromatic rings. The number of hydrogen-bond donors (Lipinski definition) is 1. The van der Waals surface area contributed by atoms with Gasteiger partial charge in [0.05, 0.1) is 13.2 Å². The summed E-state index contributed by atoms with van der Waals surface area (Å²) in [5.41, 5.74) is 0. The van der Waals surface area contributed by atoms with E-state index in [0.717, 1.165) is 29.1 Å². The molecule has 19 heavy (non-hydrogen) atoms. The van der Waals surface area contributed by atoms with Gasteiger partial charge in [-0.2, -0.15) is 0 Å². The van der Waals surface area contributed by atoms with Crippen LogP contribution in [0.15, 0.2) is 15.9 Å². The Bertz CT molecular complexity index is 438. The van der Waals surface area contributed by atoms with Gasteiger partial charge in [0.15, 0.2) is 0 Å². The summed E-state index contributed by atoms with van der Waals surface area (Å²) in [5.74, 6) is -0.00497. The average molecular weight is 347 g/mol. The first-order valence-electron chi connectivity index (χ1n) is 6.44. The van der Waals surface area contributed by atoms with E-state index >= 15 is 0 Å². The highest BCUT2D eigenvalue weighted by Crippen LogP contribution is 2.22. The van der Waals surface area contributed by atoms with Crippen molar-refractivity contribution in [3.63, 3.8) is 0 Å². The first-order chi connectivity index (χ1) is 9.09. The Morgan fingerprint density at radius 3 is 3.16 bits per heavy atom. The van der Waals surface area contributed by atoms with E-state index in [-0.39, 0.29) is 5.91 Å². The van der Waals surface area contributed by atoms with Crippen LogP contribution in [0.5, 0.6) is 0 Å². The molecule has 0 aromatic carbocycles. The SMILES string of the molecule is C[C@@H]1COCCN1[C@@H](C)CNC(=O)c1sccc1Br. The van der Waals surface area contributed by atoms with Crippen LogP contribution in [0, 0.1) is 0 Å². The summed E-state index contributed by atoms with van der Waals surface area (Å²) >= 11 is 4.84. The Labute approximate surface area is 126 Å². The van der Waals surface area contributed by atoms with Gasteiger partial charge >= 0.3 is 0 Å². The van der Waals surface area contributed by atoms with E-state index in [1.165, 1.54) is 11.3 Å². The van der Waals surface area contributed by atoms with Crippen molar-refractivity contribution in [2.24, 2.45) is 0 Å². The number of thiophene rings is 1. The first kappa shape index (κ1) is 15.0. The van der Waals surface area contributed by atoms with E-state index < -0.39 is 0 Å². The molecule has 2 heterocycles. The molecule has 0 unspecified atom stereocenters. The minimum Gasteiger partial charge on any atom is -0.379 e. The molecule has 0 spiro atoms. The first-order valence-corrected chi connectivity index (χ1v) is 8.11. The van der Waals surface area contributed by atoms with Gasteiger partial charge in [-0.15, -0.1) is 11.3 Å². The normalized spacial score (nSPS) is 22.2. The maximum Gasteiger partial charge on any atom is 0.262 e. The van der Waals surface area contributed by atoms with Crippen LogP contribution in [-0.2, 0) is 4.74 Å². The lowest BCUT2D eigenvalue weighted by Gasteiger charge is -2.37. The molecule has 1 amide bonds. The minimum atomic E-state index is -0.00497. The molecule has 4 nitrogen and oxygen atoms in total. The Morgan fingerprint density at radius 1 is 1.74 bits per heavy atom. The van der Waals surface area contributed by atoms with E-state index in [0.29, 0.717) is 18.6 Å². The molecule has 6 heteroatoms. The maximum absolute atomic E-state index is 12.0. The lowest BCUT2D eigenvalue weighted by atomic mass is 10.2. The van der Waals surface area contributed by atoms with E-state index in [1.807, 2.05) is 11.4 Å². The van der Waals surface area contributed by atoms with Crippen LogP contribution in [-0.4, -0.2) is 49.2 Å². The van der Waals surface area contributed by atoms with Crippen LogP contribution in [0.3, 0.4) is 0 Å². The fourth-order valence-corrected chi connectivity index (χ4v) is 3.76. The molecule has 106 valence electrons. The van der Waals surface area contributed by atoms with Crippen molar-refractivity contribution in [2.45, 2.75) is 25.9 Å². The number of carbonyl (C=O) groups is 1. The van der Waals surface area contributed by atoms with Crippen LogP contribution >= 0.6 is 27.3 Å². The van der Waals surface area contributed by atoms with Gasteiger partial charge in [0.2, 0.25) is 0 Å². The molecule has 2 rings (SSSR count). The quantitative estimate of drug-likeness (QED) is 0.909. The molecule has 1 saturated heterocycles. The molecule has 0 radical (unpaired) electrons. The van der Waals surface area contributed by atoms with Crippen molar-refractivity contribution >= 4 is 33.2 Å². The summed E-state index contributed by atoms with van der Waals surface area (Å²) in [4.78, 5) is 15.1. The molecular weight excluding hydrogens is 328 g/mol. The van der Waals surface area contributed by atoms with Crippen molar-refractivity contribution < 1.29 is 9.53 Å². The van der Waals surface area contributed by atoms with E-state index in [1.54, 1.807) is 0 Å². The van der Waals surface area contributed by atoms with Crippen LogP contribution in [0.2, 0.25) is 0 Å². The third kappa shape index (κ3) is 3.78. The number of morpholine rings is 1. The standard InChI is InChI=1S/C13H19BrN2O2S/c1-9(16-4-5-18-8-10(16)2)7-15-13(17)12-11(14)3-6-19-12/h3,6,9-10H,4-5,7-8H2,1-2H3,(H,15,17)/t9-,10+/m0/s1. The summed E-state index contributed by atoms with van der Waals surface area (Å²) in [6, 6.07) is 2.63. The van der Waals surface area contributed by atoms with Gasteiger partial charge in [-0.3, -0.25) is 9.69 Å². The fourth-order valence-electron chi connectivity index (χ4n) is 2.29. The van der Waals surface area contributed by atoms with Gasteiger partial charge in [-0.1, -0.05) is 0 Å². The lowest BCUT2D eigenvalue weighted by Crippen LogP contribution is -2.51. The Morgan fingerprint density at radius 2 is 2.53 bits per heavy atom. The minimum absolute atomic E-state index is 0.00497. The summed E-state index contributed by atoms with van der Waals surface area (Å²) in [6.07, 6.45) is 0. The lowest BCUT2D eigenvalue weighted by molar-refractivity contribution is -0.0178. The molecule has 0 aliphatic carbocycles. The monoisotopic (exact) mass is 346 g/mol. The summed E-state index contributed by atoms with van der Waals surface area (Å²) < 4.78 is 6.29. The molecule has 1 N–H and O–H groups in total. The van der Waals surface area contributed by atoms with E-state index in [2.05, 4.69) is 40.0 Å². The zero-order valence-corrected chi connectivity index (χ0v) is 13.6. The molecule has 2 atom stereocenters. The highest BCUT2D eigenvalue weighted by atomic mass is 79.9. The van der Waals surface area contributed by atoms with Gasteiger partial charge in [-0.25, -0.2) is 0 Å². The van der Waals surface area contributed by atoms with Crippen molar-refractivity contribution in [1.82, 2.24) is 10.2 Å². The van der Waals surface area contributed by atoms with Gasteiger partial charge in [0.1, 0.15) is 4.88 Å². The van der Waals surface area contributed by atoms with Crippen molar-refractivity contribution in [1.29, 1.82) is 0 Å². The third-order valence-electron chi connectivity index (χ3n) is 3.37. The second-order valence-electron chi connectivity index (χ2n) is 4.82. The highest BCUT2D eigenvalue weighted by molar-refractivity contribution is 9.10. The topological polar surface area (TPSA) is 41.6 Å². The van der Waals surface area contributed by atoms with Gasteiger partial charge in [0, 0.05) is 29.6 Å². The molecule has 1 fully saturated rings. The fraction of sp³-hybridized carbons (Fsp3) is 0.615. The van der Waals surface area contributed by atoms with Crippen LogP contribution < -0.4 is 5.32 Å². The molecule has 0 saturated carbocycles. The van der Waals surface area contributed by atoms with Gasteiger partial charge in [-0.05, 0) is 41.2 Å². The molecule has 1 aliphatic rings. The largest absolute Gasteiger partial charge is 0.379 e. The van der Waals surface area contributed by atoms with E-state index in [4.69, 9.17) is 4.74 Å². The Balaban J connectivity index is 1.84. The van der Waals surface area contributed by atoms with Crippen molar-refractivity contribution in [3.8, 4) is 0 Å². The number of nitrogens with zero attached hydrogens (tertiary/aromatic N) is 1. The number of hydrogen-bond acceptors (Lipinski definition) is 4. The summed E-state index contributed by atoms with van der Waals surface area (Å²) in [7, 11) is 0. The van der Waals surface area contributed by atoms with Crippen LogP contribution in [0.4, 0.5) is 0 Å². The second-order valence-corrected chi connectivity index (χ2v) is 6.59. The smallest absolute Gasteiger partial charge is 0.262 e. The van der Waals surface area contributed by atoms with Gasteiger partial charge in [0.25, 0.3) is 5.91 Å². The molecule has 0 bridgehead atoms. The third-order valence-corrected chi connectivity index (χ3v) is 5.20. The van der Waals surface area contributed by atoms with Crippen molar-refractivity contribution in [2.75, 3.05) is 26.3 Å². The predicted molar refractivity (Wildman–Crippen MR) is 80.8 cm³/mol. The van der Waals surface area contributed by atoms with Crippen LogP contribution in [0.25, 0.3) is 0 Å². The average Bonchev–Trinajstić information content (AvgIpc) is 2.82. The zero-order chi connectivity index (χ0) is 13.8. The summed E-state index contributed by atoms with van der Waals surface area (Å²) in [6.45, 7) is 7.45. The zero-order valence-electron chi connectivity index (χ0n) is 11.2. The number of nitrogens with one attached hydrogen (secondary N) is 1. The predicted octanol–water partition coefficient (Wildman–Crippen LogP) is 2.35.